The van der Waals surface area contributed by atoms with Crippen LogP contribution in [0.25, 0.3) is 11.0 Å². The van der Waals surface area contributed by atoms with Crippen molar-refractivity contribution in [2.75, 3.05) is 0 Å². The second-order valence-electron chi connectivity index (χ2n) is 3.57. The lowest BCUT2D eigenvalue weighted by atomic mass is 10.2. The Morgan fingerprint density at radius 3 is 3.00 bits per heavy atom. The van der Waals surface area contributed by atoms with Gasteiger partial charge in [-0.05, 0) is 25.1 Å². The largest absolute Gasteiger partial charge is 0.478 e. The van der Waals surface area contributed by atoms with Gasteiger partial charge in [0.25, 0.3) is 0 Å². The van der Waals surface area contributed by atoms with Gasteiger partial charge in [-0.3, -0.25) is 0 Å². The molecule has 0 unspecified atom stereocenters. The number of aryl methyl sites for hydroxylation is 1. The van der Waals surface area contributed by atoms with E-state index in [4.69, 9.17) is 5.11 Å². The van der Waals surface area contributed by atoms with Crippen molar-refractivity contribution < 1.29 is 9.90 Å². The van der Waals surface area contributed by atoms with Gasteiger partial charge in [-0.1, -0.05) is 6.08 Å². The van der Waals surface area contributed by atoms with Crippen LogP contribution >= 0.6 is 0 Å². The Labute approximate surface area is 92.8 Å². The minimum absolute atomic E-state index is 0.260. The van der Waals surface area contributed by atoms with E-state index in [0.717, 1.165) is 11.3 Å². The van der Waals surface area contributed by atoms with E-state index in [1.165, 1.54) is 0 Å². The van der Waals surface area contributed by atoms with E-state index in [-0.39, 0.29) is 5.56 Å². The summed E-state index contributed by atoms with van der Waals surface area (Å²) >= 11 is 0. The summed E-state index contributed by atoms with van der Waals surface area (Å²) in [5.41, 5.74) is 1.90. The molecule has 1 aromatic carbocycles. The highest BCUT2D eigenvalue weighted by molar-refractivity contribution is 5.92. The molecule has 0 saturated heterocycles. The van der Waals surface area contributed by atoms with Gasteiger partial charge in [0, 0.05) is 6.54 Å². The highest BCUT2D eigenvalue weighted by atomic mass is 16.4. The first kappa shape index (κ1) is 10.4. The summed E-state index contributed by atoms with van der Waals surface area (Å²) in [6.07, 6.45) is 1.79. The maximum atomic E-state index is 10.8. The number of carbonyl (C=O) groups is 1. The van der Waals surface area contributed by atoms with Crippen molar-refractivity contribution in [2.24, 2.45) is 0 Å². The van der Waals surface area contributed by atoms with Gasteiger partial charge in [0.15, 0.2) is 0 Å². The Bertz CT molecular complexity index is 570. The van der Waals surface area contributed by atoms with Crippen molar-refractivity contribution in [1.29, 1.82) is 0 Å². The van der Waals surface area contributed by atoms with Crippen LogP contribution in [0.5, 0.6) is 0 Å². The second-order valence-corrected chi connectivity index (χ2v) is 3.57. The number of hydrogen-bond donors (Lipinski definition) is 1. The molecular weight excluding hydrogens is 204 g/mol. The fourth-order valence-corrected chi connectivity index (χ4v) is 1.74. The fraction of sp³-hybridized carbons (Fsp3) is 0.167. The second kappa shape index (κ2) is 3.81. The van der Waals surface area contributed by atoms with Crippen LogP contribution in [0.3, 0.4) is 0 Å². The first-order chi connectivity index (χ1) is 7.63. The number of carboxylic acid groups (broad SMARTS) is 1. The van der Waals surface area contributed by atoms with Crippen LogP contribution in [0.1, 0.15) is 16.2 Å². The molecule has 1 heterocycles. The van der Waals surface area contributed by atoms with Gasteiger partial charge in [-0.15, -0.1) is 6.58 Å². The molecule has 0 spiro atoms. The molecule has 1 N–H and O–H groups in total. The number of aromatic nitrogens is 2. The van der Waals surface area contributed by atoms with Crippen molar-refractivity contribution >= 4 is 17.0 Å². The molecule has 1 aromatic heterocycles. The SMILES string of the molecule is C=CCn1c(C)nc2cc(C(=O)O)ccc21. The van der Waals surface area contributed by atoms with Crippen LogP contribution in [-0.4, -0.2) is 20.6 Å². The zero-order valence-electron chi connectivity index (χ0n) is 8.97. The third-order valence-electron chi connectivity index (χ3n) is 2.50. The number of fused-ring (bicyclic) bond motifs is 1. The molecule has 0 fully saturated rings. The zero-order chi connectivity index (χ0) is 11.7. The lowest BCUT2D eigenvalue weighted by Gasteiger charge is -2.02. The number of benzene rings is 1. The predicted molar refractivity (Wildman–Crippen MR) is 61.6 cm³/mol. The summed E-state index contributed by atoms with van der Waals surface area (Å²) in [7, 11) is 0. The topological polar surface area (TPSA) is 55.1 Å². The third kappa shape index (κ3) is 1.58. The molecule has 0 amide bonds. The van der Waals surface area contributed by atoms with Crippen molar-refractivity contribution in [1.82, 2.24) is 9.55 Å². The number of carboxylic acids is 1. The number of imidazole rings is 1. The lowest BCUT2D eigenvalue weighted by molar-refractivity contribution is 0.0697. The predicted octanol–water partition coefficient (Wildman–Crippen LogP) is 2.23. The highest BCUT2D eigenvalue weighted by Crippen LogP contribution is 2.17. The standard InChI is InChI=1S/C12H12N2O2/c1-3-6-14-8(2)13-10-7-9(12(15)16)4-5-11(10)14/h3-5,7H,1,6H2,2H3,(H,15,16). The van der Waals surface area contributed by atoms with Crippen molar-refractivity contribution in [3.63, 3.8) is 0 Å². The first-order valence-electron chi connectivity index (χ1n) is 4.94. The number of rotatable bonds is 3. The summed E-state index contributed by atoms with van der Waals surface area (Å²) in [4.78, 5) is 15.1. The lowest BCUT2D eigenvalue weighted by Crippen LogP contribution is -1.98. The summed E-state index contributed by atoms with van der Waals surface area (Å²) in [6.45, 7) is 6.25. The molecular formula is C12H12N2O2. The molecule has 0 saturated carbocycles. The molecule has 4 nitrogen and oxygen atoms in total. The highest BCUT2D eigenvalue weighted by Gasteiger charge is 2.09. The molecule has 16 heavy (non-hydrogen) atoms. The van der Waals surface area contributed by atoms with Gasteiger partial charge in [-0.2, -0.15) is 0 Å². The van der Waals surface area contributed by atoms with E-state index in [9.17, 15) is 4.79 Å². The number of hydrogen-bond acceptors (Lipinski definition) is 2. The van der Waals surface area contributed by atoms with Crippen molar-refractivity contribution in [3.05, 3.63) is 42.2 Å². The average Bonchev–Trinajstić information content (AvgIpc) is 2.55. The molecule has 0 bridgehead atoms. The maximum absolute atomic E-state index is 10.8. The van der Waals surface area contributed by atoms with Gasteiger partial charge >= 0.3 is 5.97 Å². The summed E-state index contributed by atoms with van der Waals surface area (Å²) < 4.78 is 1.99. The third-order valence-corrected chi connectivity index (χ3v) is 2.50. The van der Waals surface area contributed by atoms with Gasteiger partial charge in [-0.25, -0.2) is 9.78 Å². The summed E-state index contributed by atoms with van der Waals surface area (Å²) in [6, 6.07) is 4.96. The summed E-state index contributed by atoms with van der Waals surface area (Å²) in [5.74, 6) is -0.0738. The smallest absolute Gasteiger partial charge is 0.335 e. The molecule has 82 valence electrons. The Morgan fingerprint density at radius 2 is 2.38 bits per heavy atom. The van der Waals surface area contributed by atoms with Crippen LogP contribution in [-0.2, 0) is 6.54 Å². The van der Waals surface area contributed by atoms with Crippen molar-refractivity contribution in [2.45, 2.75) is 13.5 Å². The van der Waals surface area contributed by atoms with E-state index < -0.39 is 5.97 Å². The Morgan fingerprint density at radius 1 is 1.62 bits per heavy atom. The monoisotopic (exact) mass is 216 g/mol. The summed E-state index contributed by atoms with van der Waals surface area (Å²) in [5, 5.41) is 8.87. The Kier molecular flexibility index (Phi) is 2.48. The molecule has 2 rings (SSSR count). The van der Waals surface area contributed by atoms with Crippen LogP contribution < -0.4 is 0 Å². The molecule has 4 heteroatoms. The molecule has 0 atom stereocenters. The molecule has 0 aliphatic heterocycles. The van der Waals surface area contributed by atoms with Gasteiger partial charge in [0.1, 0.15) is 5.82 Å². The quantitative estimate of drug-likeness (QED) is 0.800. The minimum Gasteiger partial charge on any atom is -0.478 e. The number of nitrogens with zero attached hydrogens (tertiary/aromatic N) is 2. The van der Waals surface area contributed by atoms with Gasteiger partial charge in [0.2, 0.25) is 0 Å². The normalized spacial score (nSPS) is 10.6. The Balaban J connectivity index is 2.64. The van der Waals surface area contributed by atoms with Crippen LogP contribution in [0.4, 0.5) is 0 Å². The van der Waals surface area contributed by atoms with Crippen LogP contribution in [0.15, 0.2) is 30.9 Å². The maximum Gasteiger partial charge on any atom is 0.335 e. The van der Waals surface area contributed by atoms with E-state index in [2.05, 4.69) is 11.6 Å². The minimum atomic E-state index is -0.933. The van der Waals surface area contributed by atoms with Crippen molar-refractivity contribution in [3.8, 4) is 0 Å². The molecule has 0 radical (unpaired) electrons. The molecule has 0 aliphatic carbocycles. The molecule has 0 aliphatic rings. The van der Waals surface area contributed by atoms with Gasteiger partial charge in [0.05, 0.1) is 16.6 Å². The molecule has 2 aromatic rings. The number of allylic oxidation sites excluding steroid dienone is 1. The average molecular weight is 216 g/mol. The number of aromatic carboxylic acids is 1. The van der Waals surface area contributed by atoms with Crippen LogP contribution in [0, 0.1) is 6.92 Å². The Hall–Kier alpha value is -2.10. The van der Waals surface area contributed by atoms with E-state index in [1.54, 1.807) is 24.3 Å². The fourth-order valence-electron chi connectivity index (χ4n) is 1.74. The first-order valence-corrected chi connectivity index (χ1v) is 4.94. The zero-order valence-corrected chi connectivity index (χ0v) is 8.97. The van der Waals surface area contributed by atoms with E-state index in [0.29, 0.717) is 12.1 Å². The van der Waals surface area contributed by atoms with Crippen LogP contribution in [0.2, 0.25) is 0 Å². The van der Waals surface area contributed by atoms with E-state index >= 15 is 0 Å². The van der Waals surface area contributed by atoms with Gasteiger partial charge < -0.3 is 9.67 Å². The van der Waals surface area contributed by atoms with E-state index in [1.807, 2.05) is 11.5 Å².